The molecule has 0 unspecified atom stereocenters. The highest BCUT2D eigenvalue weighted by Gasteiger charge is 2.27. The maximum atomic E-state index is 12.2. The Hall–Kier alpha value is -3.33. The Morgan fingerprint density at radius 3 is 2.35 bits per heavy atom. The van der Waals surface area contributed by atoms with Crippen LogP contribution in [0.1, 0.15) is 22.7 Å². The van der Waals surface area contributed by atoms with E-state index in [1.165, 1.54) is 24.3 Å². The minimum atomic E-state index is -4.48. The molecule has 0 saturated heterocycles. The molecule has 2 N–H and O–H groups in total. The molecule has 1 heterocycles. The van der Waals surface area contributed by atoms with Gasteiger partial charge in [0.2, 0.25) is 5.91 Å². The molecule has 0 atom stereocenters. The average molecular weight is 452 g/mol. The molecule has 0 radical (unpaired) electrons. The zero-order valence-corrected chi connectivity index (χ0v) is 16.8. The van der Waals surface area contributed by atoms with Gasteiger partial charge in [-0.15, -0.1) is 0 Å². The van der Waals surface area contributed by atoms with Crippen molar-refractivity contribution in [1.82, 2.24) is 10.3 Å². The third-order valence-electron chi connectivity index (χ3n) is 4.13. The van der Waals surface area contributed by atoms with Crippen LogP contribution in [0.2, 0.25) is 5.02 Å². The van der Waals surface area contributed by atoms with Gasteiger partial charge in [-0.3, -0.25) is 9.59 Å². The second-order valence-electron chi connectivity index (χ2n) is 6.55. The summed E-state index contributed by atoms with van der Waals surface area (Å²) in [4.78, 5) is 28.0. The number of hydrogen-bond acceptors (Lipinski definition) is 4. The van der Waals surface area contributed by atoms with Gasteiger partial charge in [0.15, 0.2) is 11.7 Å². The molecule has 0 saturated carbocycles. The fraction of sp³-hybridized carbons (Fsp3) is 0.190. The summed E-state index contributed by atoms with van der Waals surface area (Å²) in [5.41, 5.74) is 1.27. The van der Waals surface area contributed by atoms with E-state index in [1.54, 1.807) is 35.8 Å². The molecule has 3 aromatic rings. The molecule has 31 heavy (non-hydrogen) atoms. The Morgan fingerprint density at radius 1 is 1.03 bits per heavy atom. The summed E-state index contributed by atoms with van der Waals surface area (Å²) < 4.78 is 42.1. The van der Waals surface area contributed by atoms with E-state index in [-0.39, 0.29) is 24.3 Å². The van der Waals surface area contributed by atoms with Crippen molar-refractivity contribution in [1.29, 1.82) is 0 Å². The summed E-state index contributed by atoms with van der Waals surface area (Å²) in [6.07, 6.45) is -2.53. The van der Waals surface area contributed by atoms with E-state index in [2.05, 4.69) is 10.3 Å². The number of aromatic nitrogens is 1. The van der Waals surface area contributed by atoms with Crippen LogP contribution in [0.3, 0.4) is 0 Å². The van der Waals surface area contributed by atoms with Gasteiger partial charge in [0.25, 0.3) is 5.91 Å². The van der Waals surface area contributed by atoms with Crippen molar-refractivity contribution in [2.24, 2.45) is 0 Å². The van der Waals surface area contributed by atoms with Crippen molar-refractivity contribution in [3.8, 4) is 11.3 Å². The molecule has 6 nitrogen and oxygen atoms in total. The number of carbonyl (C=O) groups excluding carboxylic acids is 2. The molecule has 0 spiro atoms. The molecule has 0 aliphatic carbocycles. The standard InChI is InChI=1S/C21H17ClF3N3O3/c22-15-5-1-13(2-6-15)17-11-26-19(31-17)10-9-18(29)28-16-7-3-14(4-8-16)20(30)27-12-21(23,24)25/h1-8,11H,9-10,12H2,(H,27,30)(H,28,29). The molecular formula is C21H17ClF3N3O3. The first-order valence-corrected chi connectivity index (χ1v) is 9.53. The van der Waals surface area contributed by atoms with Crippen LogP contribution in [-0.2, 0) is 11.2 Å². The zero-order chi connectivity index (χ0) is 22.4. The monoisotopic (exact) mass is 451 g/mol. The fourth-order valence-corrected chi connectivity index (χ4v) is 2.73. The maximum Gasteiger partial charge on any atom is 0.405 e. The van der Waals surface area contributed by atoms with Crippen molar-refractivity contribution in [2.45, 2.75) is 19.0 Å². The summed E-state index contributed by atoms with van der Waals surface area (Å²) in [6.45, 7) is -1.41. The second kappa shape index (κ2) is 9.65. The van der Waals surface area contributed by atoms with Crippen molar-refractivity contribution < 1.29 is 27.2 Å². The largest absolute Gasteiger partial charge is 0.441 e. The predicted molar refractivity (Wildman–Crippen MR) is 109 cm³/mol. The highest BCUT2D eigenvalue weighted by atomic mass is 35.5. The van der Waals surface area contributed by atoms with E-state index >= 15 is 0 Å². The number of hydrogen-bond donors (Lipinski definition) is 2. The predicted octanol–water partition coefficient (Wildman–Crippen LogP) is 4.86. The van der Waals surface area contributed by atoms with Crippen molar-refractivity contribution in [3.63, 3.8) is 0 Å². The van der Waals surface area contributed by atoms with Crippen LogP contribution in [0.15, 0.2) is 59.1 Å². The molecule has 0 fully saturated rings. The van der Waals surface area contributed by atoms with Crippen molar-refractivity contribution in [2.75, 3.05) is 11.9 Å². The zero-order valence-electron chi connectivity index (χ0n) is 16.0. The first-order valence-electron chi connectivity index (χ1n) is 9.15. The third-order valence-corrected chi connectivity index (χ3v) is 4.38. The Bertz CT molecular complexity index is 1050. The number of benzene rings is 2. The van der Waals surface area contributed by atoms with Gasteiger partial charge in [0.05, 0.1) is 6.20 Å². The molecule has 2 amide bonds. The van der Waals surface area contributed by atoms with Gasteiger partial charge in [0.1, 0.15) is 6.54 Å². The number of halogens is 4. The minimum Gasteiger partial charge on any atom is -0.441 e. The van der Waals surface area contributed by atoms with E-state index in [0.717, 1.165) is 5.56 Å². The van der Waals surface area contributed by atoms with Gasteiger partial charge in [-0.05, 0) is 48.5 Å². The minimum absolute atomic E-state index is 0.0526. The number of carbonyl (C=O) groups is 2. The van der Waals surface area contributed by atoms with E-state index < -0.39 is 18.6 Å². The summed E-state index contributed by atoms with van der Waals surface area (Å²) in [7, 11) is 0. The number of amides is 2. The summed E-state index contributed by atoms with van der Waals surface area (Å²) in [5.74, 6) is -0.195. The number of nitrogens with zero attached hydrogens (tertiary/aromatic N) is 1. The summed E-state index contributed by atoms with van der Waals surface area (Å²) in [5, 5.41) is 5.03. The van der Waals surface area contributed by atoms with Crippen LogP contribution in [0.5, 0.6) is 0 Å². The van der Waals surface area contributed by atoms with Crippen LogP contribution >= 0.6 is 11.6 Å². The lowest BCUT2D eigenvalue weighted by atomic mass is 10.2. The third kappa shape index (κ3) is 6.85. The van der Waals surface area contributed by atoms with Gasteiger partial charge in [-0.2, -0.15) is 13.2 Å². The topological polar surface area (TPSA) is 84.2 Å². The van der Waals surface area contributed by atoms with Crippen molar-refractivity contribution >= 4 is 29.1 Å². The van der Waals surface area contributed by atoms with Crippen molar-refractivity contribution in [3.05, 3.63) is 71.2 Å². The number of oxazole rings is 1. The van der Waals surface area contributed by atoms with Crippen LogP contribution in [0.25, 0.3) is 11.3 Å². The quantitative estimate of drug-likeness (QED) is 0.537. The molecule has 10 heteroatoms. The normalized spacial score (nSPS) is 11.2. The Balaban J connectivity index is 1.49. The van der Waals surface area contributed by atoms with Gasteiger partial charge in [-0.1, -0.05) is 11.6 Å². The van der Waals surface area contributed by atoms with Gasteiger partial charge in [-0.25, -0.2) is 4.98 Å². The molecule has 0 aliphatic rings. The highest BCUT2D eigenvalue weighted by Crippen LogP contribution is 2.23. The number of nitrogens with one attached hydrogen (secondary N) is 2. The average Bonchev–Trinajstić information content (AvgIpc) is 3.20. The lowest BCUT2D eigenvalue weighted by Gasteiger charge is -2.09. The first kappa shape index (κ1) is 22.4. The summed E-state index contributed by atoms with van der Waals surface area (Å²) in [6, 6.07) is 12.6. The molecular weight excluding hydrogens is 435 g/mol. The lowest BCUT2D eigenvalue weighted by Crippen LogP contribution is -2.33. The Morgan fingerprint density at radius 2 is 1.71 bits per heavy atom. The highest BCUT2D eigenvalue weighted by molar-refractivity contribution is 6.30. The van der Waals surface area contributed by atoms with E-state index in [1.807, 2.05) is 0 Å². The number of rotatable bonds is 7. The molecule has 2 aromatic carbocycles. The van der Waals surface area contributed by atoms with Crippen LogP contribution < -0.4 is 10.6 Å². The van der Waals surface area contributed by atoms with Gasteiger partial charge in [0, 0.05) is 34.7 Å². The summed E-state index contributed by atoms with van der Waals surface area (Å²) >= 11 is 5.86. The Kier molecular flexibility index (Phi) is 6.96. The molecule has 0 aliphatic heterocycles. The maximum absolute atomic E-state index is 12.2. The number of anilines is 1. The second-order valence-corrected chi connectivity index (χ2v) is 6.98. The van der Waals surface area contributed by atoms with Gasteiger partial charge < -0.3 is 15.1 Å². The number of alkyl halides is 3. The fourth-order valence-electron chi connectivity index (χ4n) is 2.60. The molecule has 3 rings (SSSR count). The molecule has 1 aromatic heterocycles. The lowest BCUT2D eigenvalue weighted by molar-refractivity contribution is -0.123. The Labute approximate surface area is 180 Å². The smallest absolute Gasteiger partial charge is 0.405 e. The number of aryl methyl sites for hydroxylation is 1. The van der Waals surface area contributed by atoms with E-state index in [4.69, 9.17) is 16.0 Å². The van der Waals surface area contributed by atoms with Gasteiger partial charge >= 0.3 is 6.18 Å². The van der Waals surface area contributed by atoms with Crippen LogP contribution in [0, 0.1) is 0 Å². The molecule has 162 valence electrons. The first-order chi connectivity index (χ1) is 14.7. The van der Waals surface area contributed by atoms with Crippen LogP contribution in [-0.4, -0.2) is 29.5 Å². The SMILES string of the molecule is O=C(CCc1ncc(-c2ccc(Cl)cc2)o1)Nc1ccc(C(=O)NCC(F)(F)F)cc1. The van der Waals surface area contributed by atoms with E-state index in [0.29, 0.717) is 22.4 Å². The molecule has 0 bridgehead atoms. The van der Waals surface area contributed by atoms with Crippen LogP contribution in [0.4, 0.5) is 18.9 Å². The van der Waals surface area contributed by atoms with E-state index in [9.17, 15) is 22.8 Å².